The van der Waals surface area contributed by atoms with Crippen molar-refractivity contribution >= 4 is 15.9 Å². The fourth-order valence-electron chi connectivity index (χ4n) is 1.08. The zero-order valence-corrected chi connectivity index (χ0v) is 10.6. The molecule has 0 amide bonds. The number of rotatable bonds is 6. The molecule has 0 spiro atoms. The Hall–Kier alpha value is -1.41. The molecule has 7 nitrogen and oxygen atoms in total. The first-order valence-corrected chi connectivity index (χ1v) is 6.72. The molecule has 1 aromatic rings. The third kappa shape index (κ3) is 3.53. The Labute approximate surface area is 100 Å². The van der Waals surface area contributed by atoms with Crippen LogP contribution in [0.15, 0.2) is 11.2 Å². The molecule has 1 atom stereocenters. The lowest BCUT2D eigenvalue weighted by atomic mass is 10.2. The number of aromatic nitrogens is 2. The number of hydrogen-bond donors (Lipinski definition) is 4. The maximum absolute atomic E-state index is 11.8. The van der Waals surface area contributed by atoms with Crippen LogP contribution >= 0.6 is 0 Å². The molecular formula is C9H17N5O2S. The van der Waals surface area contributed by atoms with Crippen LogP contribution in [0.25, 0.3) is 0 Å². The van der Waals surface area contributed by atoms with E-state index in [2.05, 4.69) is 14.7 Å². The Balaban J connectivity index is 2.72. The first-order valence-electron chi connectivity index (χ1n) is 5.24. The summed E-state index contributed by atoms with van der Waals surface area (Å²) in [7, 11) is -3.60. The van der Waals surface area contributed by atoms with Crippen LogP contribution in [0.2, 0.25) is 0 Å². The number of H-pyrrole nitrogens is 1. The second-order valence-electron chi connectivity index (χ2n) is 3.76. The molecule has 0 saturated heterocycles. The standard InChI is InChI=1S/C9H17N5O2S/c1-3-7-12-5-8(14-7)17(15,16)13-4-6(2)9(10)11/h5-6,13H,3-4H2,1-2H3,(H3,10,11)(H,12,14). The van der Waals surface area contributed by atoms with Crippen molar-refractivity contribution in [1.82, 2.24) is 14.7 Å². The molecule has 1 unspecified atom stereocenters. The second-order valence-corrected chi connectivity index (χ2v) is 5.49. The molecule has 1 rings (SSSR count). The van der Waals surface area contributed by atoms with Gasteiger partial charge in [0, 0.05) is 18.9 Å². The lowest BCUT2D eigenvalue weighted by Crippen LogP contribution is -2.34. The molecule has 17 heavy (non-hydrogen) atoms. The van der Waals surface area contributed by atoms with Crippen LogP contribution in [-0.4, -0.2) is 30.8 Å². The zero-order chi connectivity index (χ0) is 13.1. The van der Waals surface area contributed by atoms with Crippen LogP contribution in [0.1, 0.15) is 19.7 Å². The Morgan fingerprint density at radius 1 is 1.71 bits per heavy atom. The molecule has 0 radical (unpaired) electrons. The van der Waals surface area contributed by atoms with Gasteiger partial charge in [-0.05, 0) is 0 Å². The molecular weight excluding hydrogens is 242 g/mol. The summed E-state index contributed by atoms with van der Waals surface area (Å²) in [6.07, 6.45) is 1.92. The molecule has 0 bridgehead atoms. The van der Waals surface area contributed by atoms with E-state index in [1.807, 2.05) is 6.92 Å². The summed E-state index contributed by atoms with van der Waals surface area (Å²) in [5, 5.41) is 7.20. The zero-order valence-electron chi connectivity index (χ0n) is 9.82. The van der Waals surface area contributed by atoms with Crippen molar-refractivity contribution in [3.05, 3.63) is 12.0 Å². The number of sulfonamides is 1. The molecule has 0 saturated carbocycles. The summed E-state index contributed by atoms with van der Waals surface area (Å²) in [4.78, 5) is 6.63. The molecule has 0 fully saturated rings. The van der Waals surface area contributed by atoms with Gasteiger partial charge in [-0.15, -0.1) is 0 Å². The fraction of sp³-hybridized carbons (Fsp3) is 0.556. The molecule has 96 valence electrons. The highest BCUT2D eigenvalue weighted by atomic mass is 32.2. The number of imidazole rings is 1. The van der Waals surface area contributed by atoms with Crippen molar-refractivity contribution in [2.45, 2.75) is 25.3 Å². The van der Waals surface area contributed by atoms with Gasteiger partial charge < -0.3 is 10.7 Å². The minimum absolute atomic E-state index is 0.0325. The number of nitrogens with one attached hydrogen (secondary N) is 3. The molecule has 0 aliphatic rings. The molecule has 0 aliphatic carbocycles. The SMILES string of the molecule is CCc1ncc(S(=O)(=O)NCC(C)C(=N)N)[nH]1. The van der Waals surface area contributed by atoms with Gasteiger partial charge in [-0.25, -0.2) is 18.1 Å². The van der Waals surface area contributed by atoms with E-state index in [0.717, 1.165) is 0 Å². The van der Waals surface area contributed by atoms with E-state index in [-0.39, 0.29) is 23.3 Å². The van der Waals surface area contributed by atoms with Gasteiger partial charge in [0.25, 0.3) is 10.0 Å². The van der Waals surface area contributed by atoms with Crippen LogP contribution in [0.5, 0.6) is 0 Å². The molecule has 0 aromatic carbocycles. The van der Waals surface area contributed by atoms with Gasteiger partial charge in [0.15, 0.2) is 5.03 Å². The van der Waals surface area contributed by atoms with Crippen LogP contribution in [0.3, 0.4) is 0 Å². The van der Waals surface area contributed by atoms with Crippen molar-refractivity contribution < 1.29 is 8.42 Å². The average molecular weight is 259 g/mol. The molecule has 5 N–H and O–H groups in total. The van der Waals surface area contributed by atoms with E-state index >= 15 is 0 Å². The Bertz CT molecular complexity index is 493. The van der Waals surface area contributed by atoms with Crippen molar-refractivity contribution in [1.29, 1.82) is 5.41 Å². The number of amidine groups is 1. The maximum atomic E-state index is 11.8. The average Bonchev–Trinajstić information content (AvgIpc) is 2.75. The monoisotopic (exact) mass is 259 g/mol. The number of hydrogen-bond acceptors (Lipinski definition) is 4. The van der Waals surface area contributed by atoms with Gasteiger partial charge in [-0.3, -0.25) is 5.41 Å². The van der Waals surface area contributed by atoms with Crippen LogP contribution in [-0.2, 0) is 16.4 Å². The topological polar surface area (TPSA) is 125 Å². The summed E-state index contributed by atoms with van der Waals surface area (Å²) in [6, 6.07) is 0. The Kier molecular flexibility index (Phi) is 4.24. The van der Waals surface area contributed by atoms with E-state index in [1.54, 1.807) is 6.92 Å². The molecule has 8 heteroatoms. The summed E-state index contributed by atoms with van der Waals surface area (Å²) in [6.45, 7) is 3.65. The van der Waals surface area contributed by atoms with Gasteiger partial charge in [0.05, 0.1) is 12.0 Å². The van der Waals surface area contributed by atoms with Crippen LogP contribution < -0.4 is 10.5 Å². The van der Waals surface area contributed by atoms with Crippen molar-refractivity contribution in [2.75, 3.05) is 6.54 Å². The molecule has 1 aromatic heterocycles. The van der Waals surface area contributed by atoms with Crippen LogP contribution in [0, 0.1) is 11.3 Å². The number of aromatic amines is 1. The van der Waals surface area contributed by atoms with E-state index in [9.17, 15) is 8.42 Å². The van der Waals surface area contributed by atoms with Gasteiger partial charge in [-0.1, -0.05) is 13.8 Å². The minimum Gasteiger partial charge on any atom is -0.387 e. The third-order valence-electron chi connectivity index (χ3n) is 2.34. The smallest absolute Gasteiger partial charge is 0.257 e. The van der Waals surface area contributed by atoms with E-state index in [4.69, 9.17) is 11.1 Å². The van der Waals surface area contributed by atoms with Gasteiger partial charge in [0.1, 0.15) is 5.82 Å². The van der Waals surface area contributed by atoms with E-state index in [1.165, 1.54) is 6.20 Å². The minimum atomic E-state index is -3.60. The first-order chi connectivity index (χ1) is 7.86. The van der Waals surface area contributed by atoms with Gasteiger partial charge in [0.2, 0.25) is 0 Å². The lowest BCUT2D eigenvalue weighted by molar-refractivity contribution is 0.571. The van der Waals surface area contributed by atoms with Crippen molar-refractivity contribution in [2.24, 2.45) is 11.7 Å². The predicted octanol–water partition coefficient (Wildman–Crippen LogP) is -0.178. The van der Waals surface area contributed by atoms with Crippen molar-refractivity contribution in [3.8, 4) is 0 Å². The number of nitrogens with two attached hydrogens (primary N) is 1. The molecule has 0 aliphatic heterocycles. The van der Waals surface area contributed by atoms with Gasteiger partial charge >= 0.3 is 0 Å². The highest BCUT2D eigenvalue weighted by Crippen LogP contribution is 2.06. The van der Waals surface area contributed by atoms with Crippen molar-refractivity contribution in [3.63, 3.8) is 0 Å². The predicted molar refractivity (Wildman–Crippen MR) is 64.2 cm³/mol. The summed E-state index contributed by atoms with van der Waals surface area (Å²) in [5.41, 5.74) is 5.26. The Morgan fingerprint density at radius 3 is 2.82 bits per heavy atom. The Morgan fingerprint density at radius 2 is 2.35 bits per heavy atom. The maximum Gasteiger partial charge on any atom is 0.257 e. The highest BCUT2D eigenvalue weighted by molar-refractivity contribution is 7.89. The van der Waals surface area contributed by atoms with E-state index in [0.29, 0.717) is 12.2 Å². The molecule has 1 heterocycles. The summed E-state index contributed by atoms with van der Waals surface area (Å²) in [5.74, 6) is 0.231. The quantitative estimate of drug-likeness (QED) is 0.418. The second kappa shape index (κ2) is 5.28. The summed E-state index contributed by atoms with van der Waals surface area (Å²) < 4.78 is 26.0. The van der Waals surface area contributed by atoms with Gasteiger partial charge in [-0.2, -0.15) is 0 Å². The first kappa shape index (κ1) is 13.7. The summed E-state index contributed by atoms with van der Waals surface area (Å²) >= 11 is 0. The number of nitrogens with zero attached hydrogens (tertiary/aromatic N) is 1. The number of aryl methyl sites for hydroxylation is 1. The fourth-order valence-corrected chi connectivity index (χ4v) is 2.15. The third-order valence-corrected chi connectivity index (χ3v) is 3.67. The van der Waals surface area contributed by atoms with E-state index < -0.39 is 10.0 Å². The van der Waals surface area contributed by atoms with Crippen LogP contribution in [0.4, 0.5) is 0 Å². The highest BCUT2D eigenvalue weighted by Gasteiger charge is 2.18. The largest absolute Gasteiger partial charge is 0.387 e. The normalized spacial score (nSPS) is 13.5. The lowest BCUT2D eigenvalue weighted by Gasteiger charge is -2.10.